The Morgan fingerprint density at radius 2 is 2.00 bits per heavy atom. The van der Waals surface area contributed by atoms with Gasteiger partial charge in [-0.05, 0) is 18.1 Å². The minimum atomic E-state index is 0.554. The predicted molar refractivity (Wildman–Crippen MR) is 69.7 cm³/mol. The highest BCUT2D eigenvalue weighted by atomic mass is 16.5. The maximum absolute atomic E-state index is 5.68. The van der Waals surface area contributed by atoms with Crippen molar-refractivity contribution in [2.75, 3.05) is 39.5 Å². The first-order chi connectivity index (χ1) is 8.93. The molecule has 1 N–H and O–H groups in total. The highest BCUT2D eigenvalue weighted by Crippen LogP contribution is 2.32. The smallest absolute Gasteiger partial charge is 0.122 e. The molecule has 1 fully saturated rings. The fourth-order valence-electron chi connectivity index (χ4n) is 2.59. The number of benzene rings is 1. The van der Waals surface area contributed by atoms with E-state index in [0.29, 0.717) is 5.92 Å². The van der Waals surface area contributed by atoms with Crippen LogP contribution < -0.4 is 10.2 Å². The molecule has 3 rings (SSSR count). The zero-order valence-electron chi connectivity index (χ0n) is 10.6. The third-order valence-electron chi connectivity index (χ3n) is 3.66. The van der Waals surface area contributed by atoms with Crippen LogP contribution in [0.4, 0.5) is 0 Å². The van der Waals surface area contributed by atoms with Crippen LogP contribution in [0, 0.1) is 0 Å². The number of rotatable bonds is 3. The van der Waals surface area contributed by atoms with Crippen LogP contribution in [0.1, 0.15) is 17.9 Å². The van der Waals surface area contributed by atoms with Gasteiger partial charge < -0.3 is 9.47 Å². The third kappa shape index (κ3) is 2.66. The average molecular weight is 248 g/mol. The van der Waals surface area contributed by atoms with Gasteiger partial charge in [0.15, 0.2) is 0 Å². The van der Waals surface area contributed by atoms with Gasteiger partial charge in [0, 0.05) is 25.6 Å². The first kappa shape index (κ1) is 12.0. The lowest BCUT2D eigenvalue weighted by atomic mass is 9.93. The molecule has 0 bridgehead atoms. The predicted octanol–water partition coefficient (Wildman–Crippen LogP) is 1.39. The summed E-state index contributed by atoms with van der Waals surface area (Å²) >= 11 is 0. The topological polar surface area (TPSA) is 33.7 Å². The summed E-state index contributed by atoms with van der Waals surface area (Å²) < 4.78 is 11.0. The van der Waals surface area contributed by atoms with E-state index >= 15 is 0 Å². The summed E-state index contributed by atoms with van der Waals surface area (Å²) in [4.78, 5) is 0. The third-order valence-corrected chi connectivity index (χ3v) is 3.66. The summed E-state index contributed by atoms with van der Waals surface area (Å²) in [5, 5.41) is 2.27. The van der Waals surface area contributed by atoms with E-state index in [1.807, 2.05) is 6.07 Å². The summed E-state index contributed by atoms with van der Waals surface area (Å²) in [6, 6.07) is 8.38. The molecule has 1 atom stereocenters. The van der Waals surface area contributed by atoms with Crippen LogP contribution in [0.25, 0.3) is 0 Å². The second-order valence-electron chi connectivity index (χ2n) is 4.83. The number of morpholine rings is 1. The van der Waals surface area contributed by atoms with Crippen molar-refractivity contribution in [2.24, 2.45) is 0 Å². The van der Waals surface area contributed by atoms with Gasteiger partial charge in [-0.25, -0.2) is 5.01 Å². The van der Waals surface area contributed by atoms with E-state index < -0.39 is 0 Å². The lowest BCUT2D eigenvalue weighted by Crippen LogP contribution is -2.47. The molecule has 18 heavy (non-hydrogen) atoms. The normalized spacial score (nSPS) is 24.3. The summed E-state index contributed by atoms with van der Waals surface area (Å²) in [5.74, 6) is 1.61. The van der Waals surface area contributed by atoms with Crippen molar-refractivity contribution in [3.63, 3.8) is 0 Å². The molecule has 0 radical (unpaired) electrons. The van der Waals surface area contributed by atoms with Gasteiger partial charge in [-0.2, -0.15) is 0 Å². The Balaban J connectivity index is 1.60. The lowest BCUT2D eigenvalue weighted by molar-refractivity contribution is 0.0103. The van der Waals surface area contributed by atoms with Crippen molar-refractivity contribution in [3.8, 4) is 5.75 Å². The zero-order chi connectivity index (χ0) is 12.2. The number of hydrogen-bond donors (Lipinski definition) is 1. The van der Waals surface area contributed by atoms with Crippen molar-refractivity contribution in [2.45, 2.75) is 12.3 Å². The summed E-state index contributed by atoms with van der Waals surface area (Å²) in [6.45, 7) is 5.43. The van der Waals surface area contributed by atoms with Crippen LogP contribution in [0.3, 0.4) is 0 Å². The van der Waals surface area contributed by atoms with E-state index in [2.05, 4.69) is 28.6 Å². The molecule has 1 saturated heterocycles. The SMILES string of the molecule is c1ccc2c(c1)OCCC2CNN1CCOCC1. The Morgan fingerprint density at radius 3 is 2.89 bits per heavy atom. The molecule has 0 amide bonds. The second-order valence-corrected chi connectivity index (χ2v) is 4.83. The van der Waals surface area contributed by atoms with Crippen LogP contribution in [0.15, 0.2) is 24.3 Å². The Morgan fingerprint density at radius 1 is 1.17 bits per heavy atom. The summed E-state index contributed by atoms with van der Waals surface area (Å²) in [6.07, 6.45) is 1.09. The Labute approximate surface area is 108 Å². The van der Waals surface area contributed by atoms with Gasteiger partial charge in [0.05, 0.1) is 19.8 Å². The lowest BCUT2D eigenvalue weighted by Gasteiger charge is -2.31. The minimum absolute atomic E-state index is 0.554. The Hall–Kier alpha value is -1.10. The van der Waals surface area contributed by atoms with E-state index in [0.717, 1.165) is 51.6 Å². The van der Waals surface area contributed by atoms with Crippen LogP contribution in [-0.2, 0) is 4.74 Å². The Kier molecular flexibility index (Phi) is 3.78. The van der Waals surface area contributed by atoms with Gasteiger partial charge in [0.2, 0.25) is 0 Å². The number of para-hydroxylation sites is 1. The quantitative estimate of drug-likeness (QED) is 0.876. The molecule has 0 saturated carbocycles. The van der Waals surface area contributed by atoms with Gasteiger partial charge in [0.1, 0.15) is 5.75 Å². The first-order valence-corrected chi connectivity index (χ1v) is 6.71. The van der Waals surface area contributed by atoms with Crippen LogP contribution in [0.5, 0.6) is 5.75 Å². The van der Waals surface area contributed by atoms with Crippen molar-refractivity contribution in [1.29, 1.82) is 0 Å². The maximum Gasteiger partial charge on any atom is 0.122 e. The molecule has 0 spiro atoms. The van der Waals surface area contributed by atoms with E-state index in [1.165, 1.54) is 5.56 Å². The van der Waals surface area contributed by atoms with E-state index in [-0.39, 0.29) is 0 Å². The molecule has 2 aliphatic rings. The monoisotopic (exact) mass is 248 g/mol. The molecule has 4 nitrogen and oxygen atoms in total. The van der Waals surface area contributed by atoms with E-state index in [1.54, 1.807) is 0 Å². The molecular formula is C14H20N2O2. The molecular weight excluding hydrogens is 228 g/mol. The number of hydrogen-bond acceptors (Lipinski definition) is 4. The number of nitrogens with one attached hydrogen (secondary N) is 1. The van der Waals surface area contributed by atoms with Crippen molar-refractivity contribution >= 4 is 0 Å². The molecule has 2 heterocycles. The largest absolute Gasteiger partial charge is 0.493 e. The van der Waals surface area contributed by atoms with Crippen LogP contribution >= 0.6 is 0 Å². The zero-order valence-corrected chi connectivity index (χ0v) is 10.6. The fourth-order valence-corrected chi connectivity index (χ4v) is 2.59. The van der Waals surface area contributed by atoms with Crippen LogP contribution in [0.2, 0.25) is 0 Å². The Bertz CT molecular complexity index is 391. The number of fused-ring (bicyclic) bond motifs is 1. The highest BCUT2D eigenvalue weighted by molar-refractivity contribution is 5.37. The van der Waals surface area contributed by atoms with Crippen molar-refractivity contribution < 1.29 is 9.47 Å². The molecule has 2 aliphatic heterocycles. The molecule has 1 unspecified atom stereocenters. The van der Waals surface area contributed by atoms with E-state index in [4.69, 9.17) is 9.47 Å². The van der Waals surface area contributed by atoms with Crippen molar-refractivity contribution in [3.05, 3.63) is 29.8 Å². The number of nitrogens with zero attached hydrogens (tertiary/aromatic N) is 1. The molecule has 4 heteroatoms. The van der Waals surface area contributed by atoms with Gasteiger partial charge in [-0.1, -0.05) is 18.2 Å². The van der Waals surface area contributed by atoms with Gasteiger partial charge >= 0.3 is 0 Å². The maximum atomic E-state index is 5.68. The molecule has 0 aliphatic carbocycles. The van der Waals surface area contributed by atoms with E-state index in [9.17, 15) is 0 Å². The highest BCUT2D eigenvalue weighted by Gasteiger charge is 2.21. The van der Waals surface area contributed by atoms with Crippen LogP contribution in [-0.4, -0.2) is 44.5 Å². The van der Waals surface area contributed by atoms with Gasteiger partial charge in [-0.15, -0.1) is 0 Å². The number of hydrazine groups is 1. The standard InChI is InChI=1S/C14H20N2O2/c1-2-4-14-13(3-1)12(5-8-18-14)11-15-16-6-9-17-10-7-16/h1-4,12,15H,5-11H2. The van der Waals surface area contributed by atoms with Gasteiger partial charge in [0.25, 0.3) is 0 Å². The second kappa shape index (κ2) is 5.69. The fraction of sp³-hybridized carbons (Fsp3) is 0.571. The van der Waals surface area contributed by atoms with Crippen molar-refractivity contribution in [1.82, 2.24) is 10.4 Å². The molecule has 0 aromatic heterocycles. The number of ether oxygens (including phenoxy) is 2. The molecule has 1 aromatic carbocycles. The summed E-state index contributed by atoms with van der Waals surface area (Å²) in [7, 11) is 0. The average Bonchev–Trinajstić information content (AvgIpc) is 2.46. The molecule has 1 aromatic rings. The summed E-state index contributed by atoms with van der Waals surface area (Å²) in [5.41, 5.74) is 4.87. The minimum Gasteiger partial charge on any atom is -0.493 e. The van der Waals surface area contributed by atoms with Gasteiger partial charge in [-0.3, -0.25) is 5.43 Å². The molecule has 98 valence electrons. The first-order valence-electron chi connectivity index (χ1n) is 6.71.